The number of hydrogen-bond donors (Lipinski definition) is 1. The summed E-state index contributed by atoms with van der Waals surface area (Å²) in [5.41, 5.74) is -1.89. The summed E-state index contributed by atoms with van der Waals surface area (Å²) in [5.74, 6) is 0. The summed E-state index contributed by atoms with van der Waals surface area (Å²) in [7, 11) is 0. The van der Waals surface area contributed by atoms with Gasteiger partial charge in [0.1, 0.15) is 0 Å². The maximum absolute atomic E-state index is 12.2. The molecule has 0 saturated carbocycles. The molecular formula is C10H8F6O. The first kappa shape index (κ1) is 13.8. The number of alkyl halides is 6. The van der Waals surface area contributed by atoms with Crippen LogP contribution in [0.5, 0.6) is 0 Å². The van der Waals surface area contributed by atoms with E-state index in [2.05, 4.69) is 0 Å². The summed E-state index contributed by atoms with van der Waals surface area (Å²) in [4.78, 5) is 0. The molecule has 0 amide bonds. The lowest BCUT2D eigenvalue weighted by atomic mass is 10.00. The summed E-state index contributed by atoms with van der Waals surface area (Å²) in [6.07, 6.45) is -12.3. The molecule has 17 heavy (non-hydrogen) atoms. The second kappa shape index (κ2) is 4.21. The molecular weight excluding hydrogens is 250 g/mol. The minimum atomic E-state index is -4.90. The number of aliphatic hydroxyl groups is 1. The smallest absolute Gasteiger partial charge is 0.379 e. The largest absolute Gasteiger partial charge is 0.418 e. The fourth-order valence-electron chi connectivity index (χ4n) is 1.34. The lowest BCUT2D eigenvalue weighted by molar-refractivity contribution is -0.207. The first-order valence-electron chi connectivity index (χ1n) is 4.46. The molecule has 1 N–H and O–H groups in total. The van der Waals surface area contributed by atoms with Crippen LogP contribution >= 0.6 is 0 Å². The van der Waals surface area contributed by atoms with Gasteiger partial charge in [0.2, 0.25) is 0 Å². The lowest BCUT2D eigenvalue weighted by Gasteiger charge is -2.18. The Morgan fingerprint density at radius 2 is 1.59 bits per heavy atom. The minimum absolute atomic E-state index is 0.260. The first-order valence-corrected chi connectivity index (χ1v) is 4.46. The Morgan fingerprint density at radius 3 is 1.94 bits per heavy atom. The molecule has 0 saturated heterocycles. The van der Waals surface area contributed by atoms with Gasteiger partial charge in [-0.25, -0.2) is 0 Å². The molecule has 1 rings (SSSR count). The average Bonchev–Trinajstić information content (AvgIpc) is 2.13. The van der Waals surface area contributed by atoms with Gasteiger partial charge in [-0.1, -0.05) is 6.07 Å². The zero-order valence-corrected chi connectivity index (χ0v) is 8.52. The number of aryl methyl sites for hydroxylation is 1. The van der Waals surface area contributed by atoms with Gasteiger partial charge in [0.25, 0.3) is 0 Å². The fourth-order valence-corrected chi connectivity index (χ4v) is 1.34. The van der Waals surface area contributed by atoms with Gasteiger partial charge in [-0.15, -0.1) is 0 Å². The molecule has 1 aromatic rings. The van der Waals surface area contributed by atoms with Crippen molar-refractivity contribution in [3.63, 3.8) is 0 Å². The molecule has 0 aliphatic carbocycles. The molecule has 0 spiro atoms. The van der Waals surface area contributed by atoms with Gasteiger partial charge in [-0.2, -0.15) is 26.3 Å². The average molecular weight is 258 g/mol. The van der Waals surface area contributed by atoms with E-state index in [4.69, 9.17) is 5.11 Å². The molecule has 0 fully saturated rings. The van der Waals surface area contributed by atoms with E-state index in [9.17, 15) is 26.3 Å². The van der Waals surface area contributed by atoms with Crippen molar-refractivity contribution in [1.82, 2.24) is 0 Å². The van der Waals surface area contributed by atoms with Crippen molar-refractivity contribution in [2.45, 2.75) is 25.4 Å². The topological polar surface area (TPSA) is 20.2 Å². The van der Waals surface area contributed by atoms with E-state index in [1.807, 2.05) is 0 Å². The van der Waals surface area contributed by atoms with E-state index in [0.29, 0.717) is 18.2 Å². The van der Waals surface area contributed by atoms with Gasteiger partial charge in [0.15, 0.2) is 6.10 Å². The molecule has 0 aliphatic rings. The van der Waals surface area contributed by atoms with Crippen LogP contribution in [0.3, 0.4) is 0 Å². The van der Waals surface area contributed by atoms with Crippen molar-refractivity contribution in [1.29, 1.82) is 0 Å². The van der Waals surface area contributed by atoms with E-state index in [1.54, 1.807) is 0 Å². The van der Waals surface area contributed by atoms with E-state index in [0.717, 1.165) is 6.92 Å². The molecule has 1 nitrogen and oxygen atoms in total. The normalized spacial score (nSPS) is 14.8. The summed E-state index contributed by atoms with van der Waals surface area (Å²) in [5, 5.41) is 8.93. The quantitative estimate of drug-likeness (QED) is 0.763. The van der Waals surface area contributed by atoms with Crippen molar-refractivity contribution >= 4 is 0 Å². The predicted octanol–water partition coefficient (Wildman–Crippen LogP) is 3.61. The summed E-state index contributed by atoms with van der Waals surface area (Å²) in [6.45, 7) is 1.08. The minimum Gasteiger partial charge on any atom is -0.379 e. The molecule has 96 valence electrons. The van der Waals surface area contributed by atoms with Crippen LogP contribution in [0.2, 0.25) is 0 Å². The zero-order valence-electron chi connectivity index (χ0n) is 8.52. The zero-order chi connectivity index (χ0) is 13.4. The van der Waals surface area contributed by atoms with Gasteiger partial charge in [-0.3, -0.25) is 0 Å². The van der Waals surface area contributed by atoms with Crippen LogP contribution in [0, 0.1) is 6.92 Å². The maximum atomic E-state index is 12.2. The Hall–Kier alpha value is -1.24. The van der Waals surface area contributed by atoms with E-state index in [1.165, 1.54) is 0 Å². The van der Waals surface area contributed by atoms with E-state index in [-0.39, 0.29) is 5.56 Å². The summed E-state index contributed by atoms with van der Waals surface area (Å²) in [6, 6.07) is 1.72. The number of halogens is 6. The summed E-state index contributed by atoms with van der Waals surface area (Å²) < 4.78 is 73.3. The highest BCUT2D eigenvalue weighted by Gasteiger charge is 2.40. The fraction of sp³-hybridized carbons (Fsp3) is 0.400. The number of benzene rings is 1. The molecule has 7 heteroatoms. The van der Waals surface area contributed by atoms with Gasteiger partial charge in [0.05, 0.1) is 5.56 Å². The third-order valence-electron chi connectivity index (χ3n) is 2.20. The third kappa shape index (κ3) is 3.12. The molecule has 1 unspecified atom stereocenters. The van der Waals surface area contributed by atoms with Crippen LogP contribution < -0.4 is 0 Å². The number of aliphatic hydroxyl groups excluding tert-OH is 1. The Kier molecular flexibility index (Phi) is 3.42. The molecule has 0 heterocycles. The molecule has 0 radical (unpaired) electrons. The molecule has 0 bridgehead atoms. The van der Waals surface area contributed by atoms with Crippen molar-refractivity contribution in [3.8, 4) is 0 Å². The molecule has 0 aliphatic heterocycles. The van der Waals surface area contributed by atoms with Crippen molar-refractivity contribution < 1.29 is 31.4 Å². The van der Waals surface area contributed by atoms with Crippen LogP contribution in [0.15, 0.2) is 18.2 Å². The van der Waals surface area contributed by atoms with Crippen molar-refractivity contribution in [2.75, 3.05) is 0 Å². The van der Waals surface area contributed by atoms with Gasteiger partial charge >= 0.3 is 12.4 Å². The monoisotopic (exact) mass is 258 g/mol. The highest BCUT2D eigenvalue weighted by Crippen LogP contribution is 2.36. The van der Waals surface area contributed by atoms with Gasteiger partial charge < -0.3 is 5.11 Å². The number of rotatable bonds is 1. The molecule has 1 atom stereocenters. The Balaban J connectivity index is 3.15. The van der Waals surface area contributed by atoms with Crippen LogP contribution in [-0.2, 0) is 6.18 Å². The van der Waals surface area contributed by atoms with Crippen LogP contribution in [0.1, 0.15) is 22.8 Å². The van der Waals surface area contributed by atoms with Crippen molar-refractivity contribution in [2.24, 2.45) is 0 Å². The second-order valence-electron chi connectivity index (χ2n) is 3.51. The van der Waals surface area contributed by atoms with Crippen LogP contribution in [-0.4, -0.2) is 11.3 Å². The maximum Gasteiger partial charge on any atom is 0.418 e. The Bertz CT molecular complexity index is 406. The second-order valence-corrected chi connectivity index (χ2v) is 3.51. The standard InChI is InChI=1S/C10H8F6O/c1-5-4-6(9(11,12)13)2-3-7(5)8(17)10(14,15)16/h2-4,8,17H,1H3. The van der Waals surface area contributed by atoms with Gasteiger partial charge in [-0.05, 0) is 30.2 Å². The molecule has 1 aromatic carbocycles. The Labute approximate surface area is 92.7 Å². The predicted molar refractivity (Wildman–Crippen MR) is 47.2 cm³/mol. The number of hydrogen-bond acceptors (Lipinski definition) is 1. The summed E-state index contributed by atoms with van der Waals surface area (Å²) >= 11 is 0. The highest BCUT2D eigenvalue weighted by molar-refractivity contribution is 5.34. The first-order chi connectivity index (χ1) is 7.53. The van der Waals surface area contributed by atoms with Crippen LogP contribution in [0.4, 0.5) is 26.3 Å². The van der Waals surface area contributed by atoms with E-state index >= 15 is 0 Å². The van der Waals surface area contributed by atoms with E-state index < -0.39 is 29.6 Å². The highest BCUT2D eigenvalue weighted by atomic mass is 19.4. The van der Waals surface area contributed by atoms with Gasteiger partial charge in [0, 0.05) is 0 Å². The lowest BCUT2D eigenvalue weighted by Crippen LogP contribution is -2.21. The molecule has 0 aromatic heterocycles. The SMILES string of the molecule is Cc1cc(C(F)(F)F)ccc1C(O)C(F)(F)F. The third-order valence-corrected chi connectivity index (χ3v) is 2.20. The van der Waals surface area contributed by atoms with Crippen LogP contribution in [0.25, 0.3) is 0 Å². The van der Waals surface area contributed by atoms with Crippen molar-refractivity contribution in [3.05, 3.63) is 34.9 Å². The Morgan fingerprint density at radius 1 is 1.06 bits per heavy atom.